The third kappa shape index (κ3) is 4.35. The van der Waals surface area contributed by atoms with Crippen LogP contribution in [-0.4, -0.2) is 36.3 Å². The van der Waals surface area contributed by atoms with Gasteiger partial charge < -0.3 is 20.3 Å². The number of benzene rings is 2. The first-order chi connectivity index (χ1) is 13.7. The highest BCUT2D eigenvalue weighted by atomic mass is 35.5. The van der Waals surface area contributed by atoms with Gasteiger partial charge in [0.05, 0.1) is 24.6 Å². The molecule has 0 bridgehead atoms. The number of nitrogens with zero attached hydrogens (tertiary/aromatic N) is 3. The van der Waals surface area contributed by atoms with Crippen LogP contribution in [0.1, 0.15) is 5.56 Å². The van der Waals surface area contributed by atoms with Crippen molar-refractivity contribution in [3.05, 3.63) is 65.4 Å². The Kier molecular flexibility index (Phi) is 5.60. The van der Waals surface area contributed by atoms with Crippen molar-refractivity contribution < 1.29 is 4.74 Å². The Bertz CT molecular complexity index is 959. The first-order valence-electron chi connectivity index (χ1n) is 9.23. The topological polar surface area (TPSA) is 62.3 Å². The van der Waals surface area contributed by atoms with Crippen LogP contribution in [0.25, 0.3) is 0 Å². The maximum Gasteiger partial charge on any atom is 0.135 e. The Balaban J connectivity index is 1.54. The Hall–Kier alpha value is -2.83. The van der Waals surface area contributed by atoms with Gasteiger partial charge in [0.2, 0.25) is 0 Å². The van der Waals surface area contributed by atoms with E-state index in [1.807, 2.05) is 43.3 Å². The summed E-state index contributed by atoms with van der Waals surface area (Å²) in [6, 6.07) is 15.9. The number of aryl methyl sites for hydroxylation is 1. The molecule has 28 heavy (non-hydrogen) atoms. The number of aromatic nitrogens is 2. The third-order valence-corrected chi connectivity index (χ3v) is 4.87. The fourth-order valence-electron chi connectivity index (χ4n) is 3.20. The number of halogens is 1. The summed E-state index contributed by atoms with van der Waals surface area (Å²) in [6.45, 7) is 5.26. The molecule has 2 aromatic carbocycles. The SMILES string of the molecule is Cc1cc(Cl)ccc1Nc1cc(Nc2ccccc2N2CCOCC2)ncn1. The summed E-state index contributed by atoms with van der Waals surface area (Å²) in [7, 11) is 0. The van der Waals surface area contributed by atoms with Crippen LogP contribution in [-0.2, 0) is 4.74 Å². The van der Waals surface area contributed by atoms with E-state index in [1.165, 1.54) is 0 Å². The Morgan fingerprint density at radius 2 is 1.64 bits per heavy atom. The average Bonchev–Trinajstić information content (AvgIpc) is 2.72. The van der Waals surface area contributed by atoms with E-state index >= 15 is 0 Å². The van der Waals surface area contributed by atoms with Gasteiger partial charge in [-0.15, -0.1) is 0 Å². The zero-order valence-corrected chi connectivity index (χ0v) is 16.4. The average molecular weight is 396 g/mol. The number of hydrogen-bond donors (Lipinski definition) is 2. The molecule has 0 spiro atoms. The molecule has 144 valence electrons. The highest BCUT2D eigenvalue weighted by molar-refractivity contribution is 6.30. The number of hydrogen-bond acceptors (Lipinski definition) is 6. The fourth-order valence-corrected chi connectivity index (χ4v) is 3.42. The lowest BCUT2D eigenvalue weighted by Gasteiger charge is -2.30. The number of ether oxygens (including phenoxy) is 1. The third-order valence-electron chi connectivity index (χ3n) is 4.64. The molecule has 1 aliphatic rings. The molecule has 6 nitrogen and oxygen atoms in total. The lowest BCUT2D eigenvalue weighted by atomic mass is 10.2. The van der Waals surface area contributed by atoms with Gasteiger partial charge in [-0.05, 0) is 42.8 Å². The van der Waals surface area contributed by atoms with E-state index in [0.29, 0.717) is 10.8 Å². The molecule has 7 heteroatoms. The molecule has 2 heterocycles. The quantitative estimate of drug-likeness (QED) is 0.649. The maximum atomic E-state index is 6.04. The van der Waals surface area contributed by atoms with Crippen LogP contribution in [0.15, 0.2) is 54.9 Å². The molecule has 0 amide bonds. The molecule has 4 rings (SSSR count). The van der Waals surface area contributed by atoms with Crippen LogP contribution in [0.4, 0.5) is 28.7 Å². The smallest absolute Gasteiger partial charge is 0.135 e. The maximum absolute atomic E-state index is 6.04. The van der Waals surface area contributed by atoms with Crippen molar-refractivity contribution in [3.63, 3.8) is 0 Å². The van der Waals surface area contributed by atoms with E-state index in [2.05, 4.69) is 37.6 Å². The minimum absolute atomic E-state index is 0.715. The van der Waals surface area contributed by atoms with Gasteiger partial charge in [-0.1, -0.05) is 23.7 Å². The van der Waals surface area contributed by atoms with Gasteiger partial charge in [0.1, 0.15) is 18.0 Å². The zero-order chi connectivity index (χ0) is 19.3. The van der Waals surface area contributed by atoms with Gasteiger partial charge in [-0.2, -0.15) is 0 Å². The summed E-state index contributed by atoms with van der Waals surface area (Å²) in [5.41, 5.74) is 4.17. The van der Waals surface area contributed by atoms with Crippen molar-refractivity contribution in [1.82, 2.24) is 9.97 Å². The van der Waals surface area contributed by atoms with Crippen molar-refractivity contribution >= 4 is 40.3 Å². The number of nitrogens with one attached hydrogen (secondary N) is 2. The molecule has 1 aliphatic heterocycles. The molecule has 0 aliphatic carbocycles. The lowest BCUT2D eigenvalue weighted by Crippen LogP contribution is -2.36. The second kappa shape index (κ2) is 8.46. The van der Waals surface area contributed by atoms with Gasteiger partial charge in [-0.3, -0.25) is 0 Å². The van der Waals surface area contributed by atoms with Gasteiger partial charge in [-0.25, -0.2) is 9.97 Å². The highest BCUT2D eigenvalue weighted by Gasteiger charge is 2.15. The van der Waals surface area contributed by atoms with Crippen LogP contribution in [0.5, 0.6) is 0 Å². The summed E-state index contributed by atoms with van der Waals surface area (Å²) < 4.78 is 5.47. The van der Waals surface area contributed by atoms with E-state index in [0.717, 1.165) is 54.7 Å². The molecule has 0 saturated carbocycles. The van der Waals surface area contributed by atoms with Crippen LogP contribution in [0.2, 0.25) is 5.02 Å². The molecular weight excluding hydrogens is 374 g/mol. The fraction of sp³-hybridized carbons (Fsp3) is 0.238. The standard InChI is InChI=1S/C21H22ClN5O/c1-15-12-16(22)6-7-17(15)25-20-13-21(24-14-23-20)26-18-4-2-3-5-19(18)27-8-10-28-11-9-27/h2-7,12-14H,8-11H2,1H3,(H2,23,24,25,26). The predicted molar refractivity (Wildman–Crippen MR) is 114 cm³/mol. The summed E-state index contributed by atoms with van der Waals surface area (Å²) >= 11 is 6.04. The zero-order valence-electron chi connectivity index (χ0n) is 15.7. The minimum atomic E-state index is 0.715. The molecule has 1 fully saturated rings. The largest absolute Gasteiger partial charge is 0.378 e. The van der Waals surface area contributed by atoms with Gasteiger partial charge in [0.15, 0.2) is 0 Å². The van der Waals surface area contributed by atoms with E-state index < -0.39 is 0 Å². The first-order valence-corrected chi connectivity index (χ1v) is 9.61. The van der Waals surface area contributed by atoms with Gasteiger partial charge in [0.25, 0.3) is 0 Å². The molecule has 2 N–H and O–H groups in total. The number of morpholine rings is 1. The van der Waals surface area contributed by atoms with Gasteiger partial charge >= 0.3 is 0 Å². The monoisotopic (exact) mass is 395 g/mol. The molecule has 1 saturated heterocycles. The van der Waals surface area contributed by atoms with Crippen LogP contribution in [0, 0.1) is 6.92 Å². The van der Waals surface area contributed by atoms with Gasteiger partial charge in [0, 0.05) is 29.9 Å². The number of rotatable bonds is 5. The van der Waals surface area contributed by atoms with Crippen LogP contribution < -0.4 is 15.5 Å². The van der Waals surface area contributed by atoms with Crippen molar-refractivity contribution in [2.75, 3.05) is 41.8 Å². The van der Waals surface area contributed by atoms with E-state index in [4.69, 9.17) is 16.3 Å². The molecule has 0 radical (unpaired) electrons. The molecule has 0 atom stereocenters. The number of anilines is 5. The summed E-state index contributed by atoms with van der Waals surface area (Å²) in [4.78, 5) is 11.0. The Labute approximate surface area is 169 Å². The predicted octanol–water partition coefficient (Wildman–Crippen LogP) is 4.76. The normalized spacial score (nSPS) is 14.0. The van der Waals surface area contributed by atoms with Crippen LogP contribution >= 0.6 is 11.6 Å². The summed E-state index contributed by atoms with van der Waals surface area (Å²) in [5, 5.41) is 7.47. The summed E-state index contributed by atoms with van der Waals surface area (Å²) in [6.07, 6.45) is 1.55. The number of para-hydroxylation sites is 2. The Morgan fingerprint density at radius 1 is 0.929 bits per heavy atom. The summed E-state index contributed by atoms with van der Waals surface area (Å²) in [5.74, 6) is 1.44. The molecule has 3 aromatic rings. The minimum Gasteiger partial charge on any atom is -0.378 e. The van der Waals surface area contributed by atoms with Crippen molar-refractivity contribution in [2.45, 2.75) is 6.92 Å². The molecular formula is C21H22ClN5O. The first kappa shape index (κ1) is 18.5. The van der Waals surface area contributed by atoms with Crippen molar-refractivity contribution in [3.8, 4) is 0 Å². The van der Waals surface area contributed by atoms with E-state index in [9.17, 15) is 0 Å². The molecule has 1 aromatic heterocycles. The van der Waals surface area contributed by atoms with E-state index in [-0.39, 0.29) is 0 Å². The van der Waals surface area contributed by atoms with Crippen molar-refractivity contribution in [2.24, 2.45) is 0 Å². The second-order valence-electron chi connectivity index (χ2n) is 6.61. The lowest BCUT2D eigenvalue weighted by molar-refractivity contribution is 0.123. The highest BCUT2D eigenvalue weighted by Crippen LogP contribution is 2.29. The van der Waals surface area contributed by atoms with Crippen LogP contribution in [0.3, 0.4) is 0 Å². The van der Waals surface area contributed by atoms with E-state index in [1.54, 1.807) is 6.33 Å². The van der Waals surface area contributed by atoms with Crippen molar-refractivity contribution in [1.29, 1.82) is 0 Å². The molecule has 0 unspecified atom stereocenters. The Morgan fingerprint density at radius 3 is 2.39 bits per heavy atom. The second-order valence-corrected chi connectivity index (χ2v) is 7.05.